The van der Waals surface area contributed by atoms with Gasteiger partial charge in [-0.1, -0.05) is 12.0 Å². The van der Waals surface area contributed by atoms with Gasteiger partial charge in [-0.15, -0.1) is 6.42 Å². The quantitative estimate of drug-likeness (QED) is 0.397. The smallest absolute Gasteiger partial charge is 0.266 e. The summed E-state index contributed by atoms with van der Waals surface area (Å²) in [7, 11) is 0. The number of rotatable bonds is 9. The van der Waals surface area contributed by atoms with Crippen LogP contribution in [0.4, 0.5) is 5.69 Å². The molecule has 0 saturated carbocycles. The van der Waals surface area contributed by atoms with Gasteiger partial charge in [-0.05, 0) is 61.9 Å². The lowest BCUT2D eigenvalue weighted by atomic mass is 10.1. The second-order valence-electron chi connectivity index (χ2n) is 5.71. The van der Waals surface area contributed by atoms with Gasteiger partial charge in [-0.2, -0.15) is 5.26 Å². The zero-order valence-corrected chi connectivity index (χ0v) is 16.4. The maximum Gasteiger partial charge on any atom is 0.266 e. The minimum absolute atomic E-state index is 0.0429. The van der Waals surface area contributed by atoms with Crippen LogP contribution in [-0.2, 0) is 4.79 Å². The highest BCUT2D eigenvalue weighted by molar-refractivity contribution is 6.09. The summed E-state index contributed by atoms with van der Waals surface area (Å²) in [5.74, 6) is 3.58. The fourth-order valence-electron chi connectivity index (χ4n) is 2.44. The number of carbonyl (C=O) groups excluding carboxylic acids is 1. The monoisotopic (exact) mass is 390 g/mol. The molecule has 0 spiro atoms. The molecule has 0 bridgehead atoms. The van der Waals surface area contributed by atoms with Gasteiger partial charge in [-0.25, -0.2) is 0 Å². The van der Waals surface area contributed by atoms with Crippen LogP contribution in [0.2, 0.25) is 0 Å². The van der Waals surface area contributed by atoms with Gasteiger partial charge in [0.05, 0.1) is 13.2 Å². The molecule has 29 heavy (non-hydrogen) atoms. The third kappa shape index (κ3) is 6.34. The third-order valence-electron chi connectivity index (χ3n) is 3.68. The van der Waals surface area contributed by atoms with Crippen LogP contribution in [0.5, 0.6) is 17.2 Å². The predicted molar refractivity (Wildman–Crippen MR) is 112 cm³/mol. The molecular weight excluding hydrogens is 368 g/mol. The van der Waals surface area contributed by atoms with E-state index in [4.69, 9.17) is 20.6 Å². The normalized spacial score (nSPS) is 10.4. The molecule has 1 N–H and O–H groups in total. The van der Waals surface area contributed by atoms with Gasteiger partial charge in [-0.3, -0.25) is 4.79 Å². The molecule has 0 atom stereocenters. The van der Waals surface area contributed by atoms with E-state index in [0.717, 1.165) is 0 Å². The van der Waals surface area contributed by atoms with Crippen LogP contribution < -0.4 is 19.5 Å². The molecule has 0 aromatic heterocycles. The predicted octanol–water partition coefficient (Wildman–Crippen LogP) is 4.04. The third-order valence-corrected chi connectivity index (χ3v) is 3.68. The Labute approximate surface area is 170 Å². The summed E-state index contributed by atoms with van der Waals surface area (Å²) < 4.78 is 16.4. The lowest BCUT2D eigenvalue weighted by Gasteiger charge is -2.11. The van der Waals surface area contributed by atoms with Crippen molar-refractivity contribution in [2.45, 2.75) is 13.8 Å². The number of amides is 1. The molecule has 0 saturated heterocycles. The Bertz CT molecular complexity index is 950. The fraction of sp³-hybridized carbons (Fsp3) is 0.217. The van der Waals surface area contributed by atoms with Crippen LogP contribution in [0.25, 0.3) is 6.08 Å². The van der Waals surface area contributed by atoms with E-state index in [9.17, 15) is 10.1 Å². The molecule has 0 fully saturated rings. The van der Waals surface area contributed by atoms with Crippen LogP contribution in [0.1, 0.15) is 19.4 Å². The van der Waals surface area contributed by atoms with Gasteiger partial charge < -0.3 is 19.5 Å². The molecule has 2 rings (SSSR count). The van der Waals surface area contributed by atoms with E-state index in [-0.39, 0.29) is 12.2 Å². The first-order valence-corrected chi connectivity index (χ1v) is 9.10. The van der Waals surface area contributed by atoms with E-state index in [2.05, 4.69) is 11.2 Å². The van der Waals surface area contributed by atoms with Crippen molar-refractivity contribution in [3.63, 3.8) is 0 Å². The number of benzene rings is 2. The first-order valence-electron chi connectivity index (χ1n) is 9.10. The van der Waals surface area contributed by atoms with Crippen molar-refractivity contribution in [1.29, 1.82) is 5.26 Å². The molecule has 0 heterocycles. The molecule has 0 unspecified atom stereocenters. The Kier molecular flexibility index (Phi) is 8.16. The van der Waals surface area contributed by atoms with E-state index in [0.29, 0.717) is 41.7 Å². The van der Waals surface area contributed by atoms with Crippen LogP contribution in [-0.4, -0.2) is 25.7 Å². The SMILES string of the molecule is C#CCOc1ccc(/C=C(\C#N)C(=O)Nc2ccc(OCC)cc2)cc1OCC. The zero-order valence-electron chi connectivity index (χ0n) is 16.4. The number of ether oxygens (including phenoxy) is 3. The number of nitriles is 1. The van der Waals surface area contributed by atoms with Gasteiger partial charge in [0, 0.05) is 5.69 Å². The Hall–Kier alpha value is -3.90. The van der Waals surface area contributed by atoms with Gasteiger partial charge in [0.15, 0.2) is 11.5 Å². The number of nitrogens with one attached hydrogen (secondary N) is 1. The highest BCUT2D eigenvalue weighted by atomic mass is 16.5. The minimum Gasteiger partial charge on any atom is -0.494 e. The van der Waals surface area contributed by atoms with E-state index in [1.54, 1.807) is 42.5 Å². The summed E-state index contributed by atoms with van der Waals surface area (Å²) in [5.41, 5.74) is 1.14. The molecule has 0 aliphatic carbocycles. The Morgan fingerprint density at radius 2 is 1.79 bits per heavy atom. The summed E-state index contributed by atoms with van der Waals surface area (Å²) >= 11 is 0. The average Bonchev–Trinajstić information content (AvgIpc) is 2.73. The maximum atomic E-state index is 12.5. The number of nitrogens with zero attached hydrogens (tertiary/aromatic N) is 1. The molecule has 0 aliphatic rings. The van der Waals surface area contributed by atoms with Gasteiger partial charge in [0.2, 0.25) is 0 Å². The van der Waals surface area contributed by atoms with Crippen molar-refractivity contribution in [3.8, 4) is 35.7 Å². The maximum absolute atomic E-state index is 12.5. The molecule has 0 aliphatic heterocycles. The van der Waals surface area contributed by atoms with E-state index < -0.39 is 5.91 Å². The highest BCUT2D eigenvalue weighted by Crippen LogP contribution is 2.29. The number of anilines is 1. The van der Waals surface area contributed by atoms with Crippen LogP contribution in [0, 0.1) is 23.7 Å². The van der Waals surface area contributed by atoms with Crippen molar-refractivity contribution < 1.29 is 19.0 Å². The zero-order chi connectivity index (χ0) is 21.1. The second kappa shape index (κ2) is 11.1. The fourth-order valence-corrected chi connectivity index (χ4v) is 2.44. The number of terminal acetylenes is 1. The standard InChI is InChI=1S/C23H22N2O4/c1-4-13-29-21-12-7-17(15-22(21)28-6-3)14-18(16-24)23(26)25-19-8-10-20(11-9-19)27-5-2/h1,7-12,14-15H,5-6,13H2,2-3H3,(H,25,26)/b18-14+. The van der Waals surface area contributed by atoms with Crippen LogP contribution in [0.15, 0.2) is 48.0 Å². The minimum atomic E-state index is -0.512. The summed E-state index contributed by atoms with van der Waals surface area (Å²) in [4.78, 5) is 12.5. The highest BCUT2D eigenvalue weighted by Gasteiger charge is 2.11. The van der Waals surface area contributed by atoms with Crippen molar-refractivity contribution in [2.75, 3.05) is 25.1 Å². The van der Waals surface area contributed by atoms with Crippen molar-refractivity contribution in [3.05, 3.63) is 53.6 Å². The van der Waals surface area contributed by atoms with Gasteiger partial charge in [0.1, 0.15) is 24.0 Å². The van der Waals surface area contributed by atoms with Gasteiger partial charge in [0.25, 0.3) is 5.91 Å². The van der Waals surface area contributed by atoms with E-state index >= 15 is 0 Å². The molecule has 6 heteroatoms. The first kappa shape index (κ1) is 21.4. The topological polar surface area (TPSA) is 80.6 Å². The number of carbonyl (C=O) groups is 1. The Morgan fingerprint density at radius 1 is 1.07 bits per heavy atom. The van der Waals surface area contributed by atoms with Crippen LogP contribution in [0.3, 0.4) is 0 Å². The molecule has 1 amide bonds. The number of hydrogen-bond donors (Lipinski definition) is 1. The van der Waals surface area contributed by atoms with Crippen molar-refractivity contribution in [2.24, 2.45) is 0 Å². The molecular formula is C23H22N2O4. The average molecular weight is 390 g/mol. The summed E-state index contributed by atoms with van der Waals surface area (Å²) in [5, 5.41) is 12.1. The van der Waals surface area contributed by atoms with E-state index in [1.165, 1.54) is 6.08 Å². The summed E-state index contributed by atoms with van der Waals surface area (Å²) in [6.45, 7) is 4.85. The molecule has 148 valence electrons. The molecule has 0 radical (unpaired) electrons. The summed E-state index contributed by atoms with van der Waals surface area (Å²) in [6.07, 6.45) is 6.70. The van der Waals surface area contributed by atoms with Crippen LogP contribution >= 0.6 is 0 Å². The molecule has 6 nitrogen and oxygen atoms in total. The molecule has 2 aromatic carbocycles. The lowest BCUT2D eigenvalue weighted by molar-refractivity contribution is -0.112. The Morgan fingerprint density at radius 3 is 2.41 bits per heavy atom. The number of hydrogen-bond acceptors (Lipinski definition) is 5. The summed E-state index contributed by atoms with van der Waals surface area (Å²) in [6, 6.07) is 13.9. The van der Waals surface area contributed by atoms with E-state index in [1.807, 2.05) is 19.9 Å². The Balaban J connectivity index is 2.19. The second-order valence-corrected chi connectivity index (χ2v) is 5.71. The first-order chi connectivity index (χ1) is 14.1. The largest absolute Gasteiger partial charge is 0.494 e. The van der Waals surface area contributed by atoms with Gasteiger partial charge >= 0.3 is 0 Å². The lowest BCUT2D eigenvalue weighted by Crippen LogP contribution is -2.13. The molecule has 2 aromatic rings. The van der Waals surface area contributed by atoms with Crippen molar-refractivity contribution >= 4 is 17.7 Å². The van der Waals surface area contributed by atoms with Crippen molar-refractivity contribution in [1.82, 2.24) is 0 Å².